The summed E-state index contributed by atoms with van der Waals surface area (Å²) in [7, 11) is 0. The number of carbonyl (C=O) groups excluding carboxylic acids is 1. The summed E-state index contributed by atoms with van der Waals surface area (Å²) in [5.41, 5.74) is 0.576. The smallest absolute Gasteiger partial charge is 0.266 e. The highest BCUT2D eigenvalue weighted by Crippen LogP contribution is 2.21. The highest BCUT2D eigenvalue weighted by molar-refractivity contribution is 7.07. The number of H-pyrrole nitrogens is 1. The molecule has 24 heavy (non-hydrogen) atoms. The quantitative estimate of drug-likeness (QED) is 0.698. The molecule has 0 aliphatic rings. The lowest BCUT2D eigenvalue weighted by Crippen LogP contribution is -2.20. The van der Waals surface area contributed by atoms with Crippen molar-refractivity contribution in [3.63, 3.8) is 0 Å². The molecule has 2 aromatic heterocycles. The van der Waals surface area contributed by atoms with Crippen molar-refractivity contribution in [1.82, 2.24) is 9.97 Å². The maximum Gasteiger partial charge on any atom is 0.266 e. The van der Waals surface area contributed by atoms with Crippen LogP contribution in [0.4, 0.5) is 0 Å². The second-order valence-corrected chi connectivity index (χ2v) is 6.40. The SMILES string of the molecule is O=C(/C=c1/[nH]c(=O)/c(=C/c2cc(Cl)ccc2O)s1)c1ccncc1. The number of aromatic hydroxyl groups is 1. The number of carbonyl (C=O) groups is 1. The maximum atomic E-state index is 12.1. The fourth-order valence-corrected chi connectivity index (χ4v) is 3.08. The molecule has 0 aliphatic carbocycles. The van der Waals surface area contributed by atoms with Gasteiger partial charge in [-0.2, -0.15) is 0 Å². The molecule has 0 fully saturated rings. The van der Waals surface area contributed by atoms with Crippen LogP contribution in [0.15, 0.2) is 47.5 Å². The number of aromatic nitrogens is 2. The van der Waals surface area contributed by atoms with E-state index in [1.807, 2.05) is 0 Å². The van der Waals surface area contributed by atoms with Crippen molar-refractivity contribution in [3.8, 4) is 5.75 Å². The number of aromatic amines is 1. The number of hydrogen-bond acceptors (Lipinski definition) is 5. The molecular weight excluding hydrogens is 348 g/mol. The number of halogens is 1. The lowest BCUT2D eigenvalue weighted by atomic mass is 10.2. The Bertz CT molecular complexity index is 1070. The van der Waals surface area contributed by atoms with Crippen molar-refractivity contribution in [2.24, 2.45) is 0 Å². The molecule has 0 saturated carbocycles. The van der Waals surface area contributed by atoms with E-state index in [1.54, 1.807) is 24.3 Å². The molecule has 0 unspecified atom stereocenters. The summed E-state index contributed by atoms with van der Waals surface area (Å²) >= 11 is 7.02. The van der Waals surface area contributed by atoms with E-state index in [9.17, 15) is 14.7 Å². The minimum absolute atomic E-state index is 0.0191. The minimum atomic E-state index is -0.340. The molecular formula is C17H11ClN2O3S. The first-order valence-electron chi connectivity index (χ1n) is 6.88. The standard InChI is InChI=1S/C17H11ClN2O3S/c18-12-1-2-13(21)11(7-12)8-15-17(23)20-16(24-15)9-14(22)10-3-5-19-6-4-10/h1-9,21H,(H,20,23)/b15-8-,16-9-. The van der Waals surface area contributed by atoms with Crippen LogP contribution in [0.5, 0.6) is 5.75 Å². The topological polar surface area (TPSA) is 83.0 Å². The van der Waals surface area contributed by atoms with Gasteiger partial charge in [-0.1, -0.05) is 11.6 Å². The summed E-state index contributed by atoms with van der Waals surface area (Å²) in [6.45, 7) is 0. The van der Waals surface area contributed by atoms with E-state index in [4.69, 9.17) is 11.6 Å². The Balaban J connectivity index is 2.03. The third kappa shape index (κ3) is 3.61. The van der Waals surface area contributed by atoms with Crippen LogP contribution in [0.1, 0.15) is 15.9 Å². The number of nitrogens with zero attached hydrogens (tertiary/aromatic N) is 1. The molecule has 0 atom stereocenters. The fraction of sp³-hybridized carbons (Fsp3) is 0. The molecule has 0 radical (unpaired) electrons. The molecule has 3 rings (SSSR count). The number of rotatable bonds is 3. The van der Waals surface area contributed by atoms with Gasteiger partial charge in [-0.05, 0) is 36.4 Å². The van der Waals surface area contributed by atoms with Gasteiger partial charge in [-0.25, -0.2) is 0 Å². The van der Waals surface area contributed by atoms with Crippen molar-refractivity contribution < 1.29 is 9.90 Å². The van der Waals surface area contributed by atoms with Crippen LogP contribution in [0.2, 0.25) is 5.02 Å². The summed E-state index contributed by atoms with van der Waals surface area (Å²) < 4.78 is 0.788. The van der Waals surface area contributed by atoms with Crippen LogP contribution in [0.3, 0.4) is 0 Å². The molecule has 120 valence electrons. The van der Waals surface area contributed by atoms with Crippen molar-refractivity contribution in [2.45, 2.75) is 0 Å². The van der Waals surface area contributed by atoms with E-state index in [0.717, 1.165) is 11.3 Å². The number of phenols is 1. The summed E-state index contributed by atoms with van der Waals surface area (Å²) in [5, 5.41) is 10.3. The highest BCUT2D eigenvalue weighted by atomic mass is 35.5. The number of pyridine rings is 1. The summed E-state index contributed by atoms with van der Waals surface area (Å²) in [4.78, 5) is 30.6. The highest BCUT2D eigenvalue weighted by Gasteiger charge is 2.04. The van der Waals surface area contributed by atoms with E-state index in [2.05, 4.69) is 9.97 Å². The van der Waals surface area contributed by atoms with E-state index in [-0.39, 0.29) is 17.1 Å². The van der Waals surface area contributed by atoms with Crippen molar-refractivity contribution in [3.05, 3.63) is 78.4 Å². The molecule has 5 nitrogen and oxygen atoms in total. The van der Waals surface area contributed by atoms with E-state index in [1.165, 1.54) is 30.6 Å². The number of phenolic OH excluding ortho intramolecular Hbond substituents is 1. The minimum Gasteiger partial charge on any atom is -0.507 e. The van der Waals surface area contributed by atoms with Gasteiger partial charge in [-0.15, -0.1) is 11.3 Å². The second kappa shape index (κ2) is 6.82. The Hall–Kier alpha value is -2.70. The van der Waals surface area contributed by atoms with Gasteiger partial charge in [0.1, 0.15) is 5.75 Å². The van der Waals surface area contributed by atoms with E-state index >= 15 is 0 Å². The Morgan fingerprint density at radius 2 is 2.00 bits per heavy atom. The van der Waals surface area contributed by atoms with Gasteiger partial charge in [0.05, 0.1) is 9.20 Å². The maximum absolute atomic E-state index is 12.1. The predicted molar refractivity (Wildman–Crippen MR) is 93.9 cm³/mol. The number of ketones is 1. The first kappa shape index (κ1) is 16.2. The molecule has 2 heterocycles. The largest absolute Gasteiger partial charge is 0.507 e. The zero-order chi connectivity index (χ0) is 17.1. The summed E-state index contributed by atoms with van der Waals surface area (Å²) in [5.74, 6) is -0.211. The van der Waals surface area contributed by atoms with Crippen molar-refractivity contribution in [2.75, 3.05) is 0 Å². The molecule has 0 aliphatic heterocycles. The first-order chi connectivity index (χ1) is 11.5. The Labute approximate surface area is 145 Å². The average molecular weight is 359 g/mol. The summed E-state index contributed by atoms with van der Waals surface area (Å²) in [6, 6.07) is 7.76. The molecule has 0 amide bonds. The van der Waals surface area contributed by atoms with E-state index < -0.39 is 0 Å². The Morgan fingerprint density at radius 1 is 1.25 bits per heavy atom. The monoisotopic (exact) mass is 358 g/mol. The van der Waals surface area contributed by atoms with Gasteiger partial charge >= 0.3 is 0 Å². The first-order valence-corrected chi connectivity index (χ1v) is 8.08. The predicted octanol–water partition coefficient (Wildman–Crippen LogP) is 1.68. The van der Waals surface area contributed by atoms with Crippen LogP contribution < -0.4 is 14.8 Å². The lowest BCUT2D eigenvalue weighted by molar-refractivity contribution is 0.106. The van der Waals surface area contributed by atoms with Crippen LogP contribution in [-0.4, -0.2) is 20.9 Å². The van der Waals surface area contributed by atoms with E-state index in [0.29, 0.717) is 25.3 Å². The zero-order valence-corrected chi connectivity index (χ0v) is 13.8. The fourth-order valence-electron chi connectivity index (χ4n) is 2.03. The Morgan fingerprint density at radius 3 is 2.75 bits per heavy atom. The normalized spacial score (nSPS) is 12.5. The number of hydrogen-bond donors (Lipinski definition) is 2. The van der Waals surface area contributed by atoms with Crippen molar-refractivity contribution in [1.29, 1.82) is 0 Å². The van der Waals surface area contributed by atoms with Gasteiger partial charge in [0.25, 0.3) is 5.56 Å². The second-order valence-electron chi connectivity index (χ2n) is 4.88. The molecule has 7 heteroatoms. The zero-order valence-electron chi connectivity index (χ0n) is 12.2. The molecule has 2 N–H and O–H groups in total. The third-order valence-corrected chi connectivity index (χ3v) is 4.38. The summed E-state index contributed by atoms with van der Waals surface area (Å²) in [6.07, 6.45) is 5.94. The van der Waals surface area contributed by atoms with Gasteiger partial charge in [0.15, 0.2) is 5.78 Å². The lowest BCUT2D eigenvalue weighted by Gasteiger charge is -1.97. The van der Waals surface area contributed by atoms with Gasteiger partial charge in [0, 0.05) is 34.6 Å². The van der Waals surface area contributed by atoms with Crippen molar-refractivity contribution >= 4 is 40.9 Å². The van der Waals surface area contributed by atoms with Crippen LogP contribution in [0, 0.1) is 0 Å². The number of Topliss-reactive ketones (excluding diaryl/α,β-unsaturated/α-hetero) is 1. The number of thiazole rings is 1. The molecule has 1 aromatic carbocycles. The van der Waals surface area contributed by atoms with Gasteiger partial charge in [-0.3, -0.25) is 14.6 Å². The average Bonchev–Trinajstić information content (AvgIpc) is 2.91. The van der Waals surface area contributed by atoms with Crippen LogP contribution in [-0.2, 0) is 0 Å². The Kier molecular flexibility index (Phi) is 4.59. The number of benzene rings is 1. The molecule has 0 saturated heterocycles. The molecule has 3 aromatic rings. The van der Waals surface area contributed by atoms with Gasteiger partial charge in [0.2, 0.25) is 0 Å². The third-order valence-electron chi connectivity index (χ3n) is 3.18. The van der Waals surface area contributed by atoms with Crippen LogP contribution in [0.25, 0.3) is 12.2 Å². The molecule has 0 bridgehead atoms. The molecule has 0 spiro atoms. The van der Waals surface area contributed by atoms with Gasteiger partial charge < -0.3 is 10.1 Å². The number of nitrogens with one attached hydrogen (secondary N) is 1. The van der Waals surface area contributed by atoms with Crippen LogP contribution >= 0.6 is 22.9 Å².